The molecule has 1 N–H and O–H groups in total. The molecule has 2 aliphatic rings. The molecule has 1 unspecified atom stereocenters. The largest absolute Gasteiger partial charge is 0.337 e. The first-order valence-corrected chi connectivity index (χ1v) is 8.51. The lowest BCUT2D eigenvalue weighted by atomic mass is 9.87. The highest BCUT2D eigenvalue weighted by Gasteiger charge is 2.34. The summed E-state index contributed by atoms with van der Waals surface area (Å²) in [6.07, 6.45) is 4.77. The van der Waals surface area contributed by atoms with Crippen LogP contribution in [0.4, 0.5) is 0 Å². The summed E-state index contributed by atoms with van der Waals surface area (Å²) in [5, 5.41) is 5.63. The van der Waals surface area contributed by atoms with Crippen molar-refractivity contribution in [2.45, 2.75) is 52.1 Å². The van der Waals surface area contributed by atoms with Gasteiger partial charge in [-0.25, -0.2) is 0 Å². The summed E-state index contributed by atoms with van der Waals surface area (Å²) in [4.78, 5) is 15.8. The molecule has 1 atom stereocenters. The third-order valence-electron chi connectivity index (χ3n) is 4.92. The van der Waals surface area contributed by atoms with Crippen molar-refractivity contribution in [2.24, 2.45) is 5.41 Å². The highest BCUT2D eigenvalue weighted by atomic mass is 32.1. The van der Waals surface area contributed by atoms with Crippen molar-refractivity contribution in [1.29, 1.82) is 0 Å². The number of fused-ring (bicyclic) bond motifs is 1. The van der Waals surface area contributed by atoms with E-state index in [-0.39, 0.29) is 5.91 Å². The molecule has 1 amide bonds. The second kappa shape index (κ2) is 5.49. The van der Waals surface area contributed by atoms with E-state index in [1.807, 2.05) is 16.2 Å². The Labute approximate surface area is 125 Å². The summed E-state index contributed by atoms with van der Waals surface area (Å²) in [6, 6.07) is 2.65. The molecule has 3 rings (SSSR count). The Kier molecular flexibility index (Phi) is 3.87. The van der Waals surface area contributed by atoms with Crippen molar-refractivity contribution in [1.82, 2.24) is 10.2 Å². The van der Waals surface area contributed by atoms with Gasteiger partial charge in [-0.15, -0.1) is 11.3 Å². The van der Waals surface area contributed by atoms with E-state index in [1.165, 1.54) is 29.7 Å². The van der Waals surface area contributed by atoms with E-state index >= 15 is 0 Å². The molecule has 1 aliphatic heterocycles. The van der Waals surface area contributed by atoms with Gasteiger partial charge in [0.2, 0.25) is 5.91 Å². The average molecular weight is 292 g/mol. The summed E-state index contributed by atoms with van der Waals surface area (Å²) in [7, 11) is 0. The Morgan fingerprint density at radius 3 is 3.15 bits per heavy atom. The van der Waals surface area contributed by atoms with E-state index in [0.717, 1.165) is 19.5 Å². The van der Waals surface area contributed by atoms with Crippen LogP contribution in [-0.2, 0) is 17.8 Å². The Morgan fingerprint density at radius 1 is 1.55 bits per heavy atom. The van der Waals surface area contributed by atoms with Crippen molar-refractivity contribution in [3.8, 4) is 0 Å². The van der Waals surface area contributed by atoms with Crippen molar-refractivity contribution >= 4 is 17.2 Å². The molecule has 4 heteroatoms. The zero-order valence-electron chi connectivity index (χ0n) is 12.4. The van der Waals surface area contributed by atoms with Crippen LogP contribution in [0, 0.1) is 5.41 Å². The Balaban J connectivity index is 1.53. The molecule has 0 spiro atoms. The van der Waals surface area contributed by atoms with Crippen LogP contribution in [0.15, 0.2) is 11.4 Å². The number of thiophene rings is 1. The van der Waals surface area contributed by atoms with Gasteiger partial charge in [-0.1, -0.05) is 20.3 Å². The number of carbonyl (C=O) groups is 1. The van der Waals surface area contributed by atoms with Gasteiger partial charge in [-0.2, -0.15) is 0 Å². The van der Waals surface area contributed by atoms with Crippen molar-refractivity contribution in [2.75, 3.05) is 13.1 Å². The van der Waals surface area contributed by atoms with E-state index in [1.54, 1.807) is 0 Å². The molecular weight excluding hydrogens is 268 g/mol. The van der Waals surface area contributed by atoms with Gasteiger partial charge in [0.1, 0.15) is 0 Å². The molecular formula is C16H24N2OS. The third-order valence-corrected chi connectivity index (χ3v) is 5.94. The minimum Gasteiger partial charge on any atom is -0.337 e. The number of nitrogens with zero attached hydrogens (tertiary/aromatic N) is 1. The SMILES string of the molecule is CC1(C)CCCC1NCC(=O)N1CCc2sccc2C1. The highest BCUT2D eigenvalue weighted by molar-refractivity contribution is 7.10. The van der Waals surface area contributed by atoms with E-state index < -0.39 is 0 Å². The Hall–Kier alpha value is -0.870. The van der Waals surface area contributed by atoms with Crippen molar-refractivity contribution in [3.63, 3.8) is 0 Å². The lowest BCUT2D eigenvalue weighted by Crippen LogP contribution is -2.46. The average Bonchev–Trinajstić information content (AvgIpc) is 3.01. The molecule has 1 fully saturated rings. The number of rotatable bonds is 3. The fraction of sp³-hybridized carbons (Fsp3) is 0.688. The van der Waals surface area contributed by atoms with Gasteiger partial charge in [0, 0.05) is 24.0 Å². The molecule has 110 valence electrons. The molecule has 3 nitrogen and oxygen atoms in total. The van der Waals surface area contributed by atoms with Gasteiger partial charge in [0.15, 0.2) is 0 Å². The molecule has 0 bridgehead atoms. The molecule has 0 radical (unpaired) electrons. The third kappa shape index (κ3) is 2.77. The second-order valence-corrected chi connectivity index (χ2v) is 7.75. The van der Waals surface area contributed by atoms with Crippen LogP contribution in [0.25, 0.3) is 0 Å². The first kappa shape index (κ1) is 14.1. The molecule has 0 aromatic carbocycles. The fourth-order valence-corrected chi connectivity index (χ4v) is 4.38. The van der Waals surface area contributed by atoms with Crippen LogP contribution in [0.2, 0.25) is 0 Å². The summed E-state index contributed by atoms with van der Waals surface area (Å²) in [5.41, 5.74) is 1.68. The Bertz CT molecular complexity index is 494. The maximum atomic E-state index is 12.4. The minimum absolute atomic E-state index is 0.254. The maximum Gasteiger partial charge on any atom is 0.236 e. The lowest BCUT2D eigenvalue weighted by Gasteiger charge is -2.30. The maximum absolute atomic E-state index is 12.4. The number of nitrogens with one attached hydrogen (secondary N) is 1. The predicted molar refractivity (Wildman–Crippen MR) is 82.9 cm³/mol. The molecule has 1 aromatic rings. The first-order valence-electron chi connectivity index (χ1n) is 7.63. The summed E-state index contributed by atoms with van der Waals surface area (Å²) in [5.74, 6) is 0.254. The molecule has 1 aromatic heterocycles. The van der Waals surface area contributed by atoms with Crippen molar-refractivity contribution < 1.29 is 4.79 Å². The number of carbonyl (C=O) groups excluding carboxylic acids is 1. The zero-order valence-corrected chi connectivity index (χ0v) is 13.3. The van der Waals surface area contributed by atoms with Crippen LogP contribution in [0.3, 0.4) is 0 Å². The predicted octanol–water partition coefficient (Wildman–Crippen LogP) is 2.80. The van der Waals surface area contributed by atoms with E-state index in [9.17, 15) is 4.79 Å². The van der Waals surface area contributed by atoms with Gasteiger partial charge >= 0.3 is 0 Å². The smallest absolute Gasteiger partial charge is 0.236 e. The van der Waals surface area contributed by atoms with E-state index in [2.05, 4.69) is 30.6 Å². The second-order valence-electron chi connectivity index (χ2n) is 6.75. The van der Waals surface area contributed by atoms with Crippen LogP contribution < -0.4 is 5.32 Å². The normalized spacial score (nSPS) is 24.7. The van der Waals surface area contributed by atoms with Gasteiger partial charge in [0.25, 0.3) is 0 Å². The molecule has 1 aliphatic carbocycles. The number of hydrogen-bond acceptors (Lipinski definition) is 3. The molecule has 0 saturated heterocycles. The van der Waals surface area contributed by atoms with Crippen LogP contribution in [-0.4, -0.2) is 29.9 Å². The monoisotopic (exact) mass is 292 g/mol. The fourth-order valence-electron chi connectivity index (χ4n) is 3.49. The van der Waals surface area contributed by atoms with Crippen molar-refractivity contribution in [3.05, 3.63) is 21.9 Å². The summed E-state index contributed by atoms with van der Waals surface area (Å²) < 4.78 is 0. The number of amides is 1. The molecule has 1 saturated carbocycles. The molecule has 2 heterocycles. The topological polar surface area (TPSA) is 32.3 Å². The van der Waals surface area contributed by atoms with Crippen LogP contribution in [0.1, 0.15) is 43.6 Å². The van der Waals surface area contributed by atoms with Gasteiger partial charge in [0.05, 0.1) is 6.54 Å². The Morgan fingerprint density at radius 2 is 2.40 bits per heavy atom. The lowest BCUT2D eigenvalue weighted by molar-refractivity contribution is -0.131. The molecule has 20 heavy (non-hydrogen) atoms. The van der Waals surface area contributed by atoms with Crippen LogP contribution >= 0.6 is 11.3 Å². The minimum atomic E-state index is 0.254. The summed E-state index contributed by atoms with van der Waals surface area (Å²) in [6.45, 7) is 6.78. The zero-order chi connectivity index (χ0) is 14.2. The van der Waals surface area contributed by atoms with Gasteiger partial charge in [-0.05, 0) is 41.7 Å². The quantitative estimate of drug-likeness (QED) is 0.929. The van der Waals surface area contributed by atoms with E-state index in [4.69, 9.17) is 0 Å². The van der Waals surface area contributed by atoms with Gasteiger partial charge in [-0.3, -0.25) is 4.79 Å². The first-order chi connectivity index (χ1) is 9.56. The van der Waals surface area contributed by atoms with E-state index in [0.29, 0.717) is 18.0 Å². The number of hydrogen-bond donors (Lipinski definition) is 1. The highest BCUT2D eigenvalue weighted by Crippen LogP contribution is 2.37. The van der Waals surface area contributed by atoms with Crippen LogP contribution in [0.5, 0.6) is 0 Å². The standard InChI is InChI=1S/C16H24N2OS/c1-16(2)7-3-4-14(16)17-10-15(19)18-8-5-13-12(11-18)6-9-20-13/h6,9,14,17H,3-5,7-8,10-11H2,1-2H3. The van der Waals surface area contributed by atoms with Gasteiger partial charge < -0.3 is 10.2 Å². The summed E-state index contributed by atoms with van der Waals surface area (Å²) >= 11 is 1.82.